The van der Waals surface area contributed by atoms with E-state index in [2.05, 4.69) is 5.32 Å². The largest absolute Gasteiger partial charge is 0.436 e. The molecule has 0 amide bonds. The molecule has 0 aromatic heterocycles. The molecule has 0 radical (unpaired) electrons. The Morgan fingerprint density at radius 1 is 0.783 bits per heavy atom. The van der Waals surface area contributed by atoms with Crippen molar-refractivity contribution in [2.24, 2.45) is 0 Å². The number of hydrogen-bond donors (Lipinski definition) is 1. The number of para-hydroxylation sites is 2. The number of benzene rings is 3. The summed E-state index contributed by atoms with van der Waals surface area (Å²) in [5.74, 6) is 0.230. The third kappa shape index (κ3) is 2.43. The molecule has 1 aliphatic rings. The lowest BCUT2D eigenvalue weighted by Crippen LogP contribution is -2.25. The van der Waals surface area contributed by atoms with Gasteiger partial charge in [0.15, 0.2) is 0 Å². The molecule has 0 saturated carbocycles. The van der Waals surface area contributed by atoms with Gasteiger partial charge < -0.3 is 9.84 Å². The molecule has 1 heterocycles. The van der Waals surface area contributed by atoms with Crippen molar-refractivity contribution in [2.75, 3.05) is 5.32 Å². The van der Waals surface area contributed by atoms with Crippen molar-refractivity contribution >= 4 is 18.4 Å². The van der Waals surface area contributed by atoms with Gasteiger partial charge in [0.2, 0.25) is 0 Å². The second kappa shape index (κ2) is 5.60. The second-order valence-electron chi connectivity index (χ2n) is 5.48. The molecule has 1 aliphatic heterocycles. The molecular formula is C19H16NO2P. The van der Waals surface area contributed by atoms with Crippen LogP contribution < -0.4 is 15.1 Å². The SMILES string of the molecule is O=[P@]1(c2ccccc2)Oc2ccccc2N[C@H]1c1ccccc1. The van der Waals surface area contributed by atoms with Crippen LogP contribution in [0.4, 0.5) is 5.69 Å². The Morgan fingerprint density at radius 3 is 2.13 bits per heavy atom. The Labute approximate surface area is 135 Å². The lowest BCUT2D eigenvalue weighted by atomic mass is 10.2. The maximum atomic E-state index is 13.8. The first kappa shape index (κ1) is 14.1. The summed E-state index contributed by atoms with van der Waals surface area (Å²) in [6.07, 6.45) is 0. The molecule has 23 heavy (non-hydrogen) atoms. The highest BCUT2D eigenvalue weighted by atomic mass is 31.2. The minimum atomic E-state index is -3.14. The summed E-state index contributed by atoms with van der Waals surface area (Å²) < 4.78 is 19.9. The van der Waals surface area contributed by atoms with Crippen molar-refractivity contribution < 1.29 is 9.09 Å². The first-order valence-corrected chi connectivity index (χ1v) is 9.22. The van der Waals surface area contributed by atoms with Gasteiger partial charge in [-0.05, 0) is 29.8 Å². The average molecular weight is 321 g/mol. The zero-order valence-corrected chi connectivity index (χ0v) is 13.3. The molecule has 4 heteroatoms. The molecule has 1 N–H and O–H groups in total. The maximum absolute atomic E-state index is 13.8. The Kier molecular flexibility index (Phi) is 3.44. The van der Waals surface area contributed by atoms with Gasteiger partial charge >= 0.3 is 7.37 Å². The number of hydrogen-bond acceptors (Lipinski definition) is 3. The molecule has 0 spiro atoms. The molecule has 0 unspecified atom stereocenters. The first-order chi connectivity index (χ1) is 11.3. The summed E-state index contributed by atoms with van der Waals surface area (Å²) in [5.41, 5.74) is 1.82. The van der Waals surface area contributed by atoms with Crippen LogP contribution in [0.5, 0.6) is 5.75 Å². The fourth-order valence-electron chi connectivity index (χ4n) is 2.85. The van der Waals surface area contributed by atoms with Crippen LogP contribution in [-0.2, 0) is 4.57 Å². The zero-order chi connectivity index (χ0) is 15.7. The molecule has 114 valence electrons. The predicted molar refractivity (Wildman–Crippen MR) is 93.6 cm³/mol. The van der Waals surface area contributed by atoms with Gasteiger partial charge in [-0.1, -0.05) is 60.7 Å². The van der Waals surface area contributed by atoms with Crippen molar-refractivity contribution in [1.29, 1.82) is 0 Å². The molecule has 3 aromatic carbocycles. The highest BCUT2D eigenvalue weighted by molar-refractivity contribution is 7.67. The molecule has 0 fully saturated rings. The third-order valence-corrected chi connectivity index (χ3v) is 6.58. The van der Waals surface area contributed by atoms with Crippen molar-refractivity contribution in [3.63, 3.8) is 0 Å². The fourth-order valence-corrected chi connectivity index (χ4v) is 5.27. The van der Waals surface area contributed by atoms with Gasteiger partial charge in [0.05, 0.1) is 11.0 Å². The molecule has 4 rings (SSSR count). The van der Waals surface area contributed by atoms with Crippen LogP contribution in [0.25, 0.3) is 0 Å². The van der Waals surface area contributed by atoms with Crippen LogP contribution in [0, 0.1) is 0 Å². The van der Waals surface area contributed by atoms with E-state index in [1.165, 1.54) is 0 Å². The van der Waals surface area contributed by atoms with E-state index in [0.717, 1.165) is 16.6 Å². The number of fused-ring (bicyclic) bond motifs is 1. The first-order valence-electron chi connectivity index (χ1n) is 7.53. The van der Waals surface area contributed by atoms with Crippen molar-refractivity contribution in [3.8, 4) is 5.75 Å². The molecule has 3 nitrogen and oxygen atoms in total. The normalized spacial score (nSPS) is 22.5. The lowest BCUT2D eigenvalue weighted by Gasteiger charge is -2.35. The van der Waals surface area contributed by atoms with Crippen molar-refractivity contribution in [3.05, 3.63) is 90.5 Å². The van der Waals surface area contributed by atoms with Crippen LogP contribution >= 0.6 is 7.37 Å². The van der Waals surface area contributed by atoms with Crippen LogP contribution in [0.3, 0.4) is 0 Å². The van der Waals surface area contributed by atoms with Crippen molar-refractivity contribution in [1.82, 2.24) is 0 Å². The quantitative estimate of drug-likeness (QED) is 0.689. The fraction of sp³-hybridized carbons (Fsp3) is 0.0526. The number of rotatable bonds is 2. The summed E-state index contributed by atoms with van der Waals surface area (Å²) in [7, 11) is -3.14. The smallest absolute Gasteiger partial charge is 0.303 e. The Bertz CT molecular complexity index is 865. The molecule has 0 saturated heterocycles. The van der Waals surface area contributed by atoms with E-state index in [1.54, 1.807) is 0 Å². The minimum absolute atomic E-state index is 0.402. The Balaban J connectivity index is 1.89. The highest BCUT2D eigenvalue weighted by Gasteiger charge is 2.42. The summed E-state index contributed by atoms with van der Waals surface area (Å²) in [4.78, 5) is 0. The molecule has 2 atom stereocenters. The maximum Gasteiger partial charge on any atom is 0.303 e. The molecule has 3 aromatic rings. The predicted octanol–water partition coefficient (Wildman–Crippen LogP) is 4.79. The van der Waals surface area contributed by atoms with E-state index >= 15 is 0 Å². The summed E-state index contributed by atoms with van der Waals surface area (Å²) in [5, 5.41) is 4.13. The van der Waals surface area contributed by atoms with Crippen LogP contribution in [0.1, 0.15) is 11.3 Å². The van der Waals surface area contributed by atoms with E-state index in [0.29, 0.717) is 5.75 Å². The van der Waals surface area contributed by atoms with Gasteiger partial charge in [0.25, 0.3) is 0 Å². The van der Waals surface area contributed by atoms with E-state index in [9.17, 15) is 4.57 Å². The van der Waals surface area contributed by atoms with Gasteiger partial charge in [0.1, 0.15) is 11.5 Å². The third-order valence-electron chi connectivity index (χ3n) is 3.98. The van der Waals surface area contributed by atoms with E-state index in [-0.39, 0.29) is 0 Å². The summed E-state index contributed by atoms with van der Waals surface area (Å²) in [6, 6.07) is 26.9. The molecular weight excluding hydrogens is 305 g/mol. The standard InChI is InChI=1S/C19H16NO2P/c21-23(16-11-5-2-6-12-16)19(15-9-3-1-4-10-15)20-17-13-7-8-14-18(17)22-23/h1-14,19-20H/t19-,23-/m1/s1. The Morgan fingerprint density at radius 2 is 1.39 bits per heavy atom. The molecule has 0 bridgehead atoms. The Hall–Kier alpha value is -2.51. The number of anilines is 1. The highest BCUT2D eigenvalue weighted by Crippen LogP contribution is 2.62. The summed E-state index contributed by atoms with van der Waals surface area (Å²) in [6.45, 7) is 0. The number of nitrogens with one attached hydrogen (secondary N) is 1. The zero-order valence-electron chi connectivity index (χ0n) is 12.4. The van der Waals surface area contributed by atoms with Crippen LogP contribution in [0.15, 0.2) is 84.9 Å². The van der Waals surface area contributed by atoms with Gasteiger partial charge in [-0.15, -0.1) is 0 Å². The van der Waals surface area contributed by atoms with E-state index < -0.39 is 13.2 Å². The topological polar surface area (TPSA) is 38.3 Å². The minimum Gasteiger partial charge on any atom is -0.436 e. The van der Waals surface area contributed by atoms with E-state index in [4.69, 9.17) is 4.52 Å². The average Bonchev–Trinajstić information content (AvgIpc) is 2.62. The van der Waals surface area contributed by atoms with Gasteiger partial charge in [-0.3, -0.25) is 4.57 Å². The molecule has 0 aliphatic carbocycles. The van der Waals surface area contributed by atoms with Gasteiger partial charge in [-0.25, -0.2) is 0 Å². The van der Waals surface area contributed by atoms with Crippen molar-refractivity contribution in [2.45, 2.75) is 5.78 Å². The second-order valence-corrected chi connectivity index (χ2v) is 7.89. The lowest BCUT2D eigenvalue weighted by molar-refractivity contribution is 0.477. The van der Waals surface area contributed by atoms with Crippen LogP contribution in [0.2, 0.25) is 0 Å². The summed E-state index contributed by atoms with van der Waals surface area (Å²) >= 11 is 0. The van der Waals surface area contributed by atoms with Gasteiger partial charge in [-0.2, -0.15) is 0 Å². The monoisotopic (exact) mass is 321 g/mol. The van der Waals surface area contributed by atoms with E-state index in [1.807, 2.05) is 84.9 Å². The van der Waals surface area contributed by atoms with Crippen LogP contribution in [-0.4, -0.2) is 0 Å². The van der Waals surface area contributed by atoms with Gasteiger partial charge in [0, 0.05) is 0 Å².